The number of hydrogen-bond acceptors (Lipinski definition) is 3. The fraction of sp³-hybridized carbons (Fsp3) is 0.375. The normalized spacial score (nSPS) is 19.1. The molecule has 0 bridgehead atoms. The number of thiophene rings is 2. The van der Waals surface area contributed by atoms with Crippen molar-refractivity contribution >= 4 is 22.7 Å². The summed E-state index contributed by atoms with van der Waals surface area (Å²) in [5.41, 5.74) is 0. The van der Waals surface area contributed by atoms with Gasteiger partial charge in [0.05, 0.1) is 6.04 Å². The Kier molecular flexibility index (Phi) is 4.49. The summed E-state index contributed by atoms with van der Waals surface area (Å²) in [7, 11) is 0. The van der Waals surface area contributed by atoms with E-state index in [-0.39, 0.29) is 0 Å². The Hall–Kier alpha value is -0.900. The summed E-state index contributed by atoms with van der Waals surface area (Å²) in [4.78, 5) is 2.85. The summed E-state index contributed by atoms with van der Waals surface area (Å²) < 4.78 is 0. The average Bonchev–Trinajstić information content (AvgIpc) is 3.13. The molecule has 0 aromatic carbocycles. The summed E-state index contributed by atoms with van der Waals surface area (Å²) in [5, 5.41) is 8.12. The van der Waals surface area contributed by atoms with E-state index in [0.29, 0.717) is 6.04 Å². The van der Waals surface area contributed by atoms with Gasteiger partial charge in [0.25, 0.3) is 0 Å². The predicted octanol–water partition coefficient (Wildman–Crippen LogP) is 4.84. The lowest BCUT2D eigenvalue weighted by atomic mass is 9.94. The molecule has 1 N–H and O–H groups in total. The lowest BCUT2D eigenvalue weighted by Gasteiger charge is -2.22. The van der Waals surface area contributed by atoms with Crippen LogP contribution in [0.2, 0.25) is 0 Å². The van der Waals surface area contributed by atoms with Crippen molar-refractivity contribution in [3.63, 3.8) is 0 Å². The molecule has 1 atom stereocenters. The SMILES string of the molecule is C1=CCC(CNC(c2cccs2)c2cccs2)CC1. The topological polar surface area (TPSA) is 12.0 Å². The third-order valence-corrected chi connectivity index (χ3v) is 5.52. The first-order valence-electron chi connectivity index (χ1n) is 6.88. The maximum Gasteiger partial charge on any atom is 0.0764 e. The van der Waals surface area contributed by atoms with E-state index in [1.807, 2.05) is 22.7 Å². The van der Waals surface area contributed by atoms with Crippen LogP contribution in [0, 0.1) is 5.92 Å². The summed E-state index contributed by atoms with van der Waals surface area (Å²) >= 11 is 3.69. The molecule has 3 rings (SSSR count). The van der Waals surface area contributed by atoms with E-state index >= 15 is 0 Å². The number of nitrogens with one attached hydrogen (secondary N) is 1. The molecule has 0 aliphatic heterocycles. The molecule has 1 aliphatic carbocycles. The molecule has 0 fully saturated rings. The van der Waals surface area contributed by atoms with Crippen LogP contribution in [0.25, 0.3) is 0 Å². The zero-order chi connectivity index (χ0) is 12.9. The van der Waals surface area contributed by atoms with Crippen LogP contribution in [-0.4, -0.2) is 6.54 Å². The van der Waals surface area contributed by atoms with Crippen LogP contribution in [0.3, 0.4) is 0 Å². The highest BCUT2D eigenvalue weighted by molar-refractivity contribution is 7.11. The molecule has 2 aromatic heterocycles. The first kappa shape index (κ1) is 13.1. The molecular weight excluding hydrogens is 270 g/mol. The second-order valence-electron chi connectivity index (χ2n) is 5.02. The van der Waals surface area contributed by atoms with Crippen molar-refractivity contribution in [1.29, 1.82) is 0 Å². The average molecular weight is 289 g/mol. The van der Waals surface area contributed by atoms with Crippen molar-refractivity contribution in [3.8, 4) is 0 Å². The molecule has 0 saturated heterocycles. The molecule has 0 saturated carbocycles. The molecule has 2 heterocycles. The second kappa shape index (κ2) is 6.51. The number of rotatable bonds is 5. The van der Waals surface area contributed by atoms with Crippen molar-refractivity contribution in [1.82, 2.24) is 5.32 Å². The maximum atomic E-state index is 3.78. The van der Waals surface area contributed by atoms with E-state index in [1.165, 1.54) is 29.0 Å². The summed E-state index contributed by atoms with van der Waals surface area (Å²) in [5.74, 6) is 0.799. The van der Waals surface area contributed by atoms with E-state index in [1.54, 1.807) is 0 Å². The van der Waals surface area contributed by atoms with Crippen LogP contribution in [0.4, 0.5) is 0 Å². The van der Waals surface area contributed by atoms with Gasteiger partial charge in [0, 0.05) is 9.75 Å². The van der Waals surface area contributed by atoms with Crippen LogP contribution >= 0.6 is 22.7 Å². The molecule has 0 radical (unpaired) electrons. The van der Waals surface area contributed by atoms with E-state index < -0.39 is 0 Å². The Balaban J connectivity index is 1.68. The molecule has 1 unspecified atom stereocenters. The Bertz CT molecular complexity index is 465. The van der Waals surface area contributed by atoms with E-state index in [9.17, 15) is 0 Å². The van der Waals surface area contributed by atoms with Gasteiger partial charge in [-0.3, -0.25) is 0 Å². The first-order valence-corrected chi connectivity index (χ1v) is 8.64. The molecule has 3 heteroatoms. The zero-order valence-electron chi connectivity index (χ0n) is 10.9. The molecule has 19 heavy (non-hydrogen) atoms. The van der Waals surface area contributed by atoms with Gasteiger partial charge in [0.2, 0.25) is 0 Å². The fourth-order valence-corrected chi connectivity index (χ4v) is 4.29. The lowest BCUT2D eigenvalue weighted by molar-refractivity contribution is 0.426. The van der Waals surface area contributed by atoms with Gasteiger partial charge in [0.15, 0.2) is 0 Å². The Labute approximate surface area is 123 Å². The molecule has 2 aromatic rings. The van der Waals surface area contributed by atoms with Crippen LogP contribution < -0.4 is 5.32 Å². The quantitative estimate of drug-likeness (QED) is 0.776. The largest absolute Gasteiger partial charge is 0.305 e. The van der Waals surface area contributed by atoms with Crippen molar-refractivity contribution in [3.05, 3.63) is 56.9 Å². The van der Waals surface area contributed by atoms with Gasteiger partial charge in [-0.15, -0.1) is 22.7 Å². The lowest BCUT2D eigenvalue weighted by Crippen LogP contribution is -2.27. The monoisotopic (exact) mass is 289 g/mol. The third-order valence-electron chi connectivity index (χ3n) is 3.64. The highest BCUT2D eigenvalue weighted by atomic mass is 32.1. The van der Waals surface area contributed by atoms with Crippen molar-refractivity contribution < 1.29 is 0 Å². The Morgan fingerprint density at radius 1 is 1.11 bits per heavy atom. The van der Waals surface area contributed by atoms with Crippen LogP contribution in [-0.2, 0) is 0 Å². The van der Waals surface area contributed by atoms with Crippen LogP contribution in [0.1, 0.15) is 35.1 Å². The minimum atomic E-state index is 0.380. The van der Waals surface area contributed by atoms with Gasteiger partial charge < -0.3 is 5.32 Å². The molecule has 1 aliphatic rings. The summed E-state index contributed by atoms with van der Waals surface area (Å²) in [6, 6.07) is 9.15. The number of hydrogen-bond donors (Lipinski definition) is 1. The molecule has 0 amide bonds. The van der Waals surface area contributed by atoms with E-state index in [0.717, 1.165) is 12.5 Å². The van der Waals surface area contributed by atoms with Crippen LogP contribution in [0.5, 0.6) is 0 Å². The standard InChI is InChI=1S/C16H19NS2/c1-2-6-13(7-3-1)12-17-16(14-8-4-10-18-14)15-9-5-11-19-15/h1-2,4-5,8-11,13,16-17H,3,6-7,12H2. The molecule has 0 spiro atoms. The van der Waals surface area contributed by atoms with Gasteiger partial charge in [-0.2, -0.15) is 0 Å². The third kappa shape index (κ3) is 3.35. The minimum Gasteiger partial charge on any atom is -0.305 e. The smallest absolute Gasteiger partial charge is 0.0764 e. The highest BCUT2D eigenvalue weighted by Gasteiger charge is 2.18. The molecule has 100 valence electrons. The zero-order valence-corrected chi connectivity index (χ0v) is 12.6. The van der Waals surface area contributed by atoms with E-state index in [4.69, 9.17) is 0 Å². The number of allylic oxidation sites excluding steroid dienone is 2. The van der Waals surface area contributed by atoms with Gasteiger partial charge >= 0.3 is 0 Å². The highest BCUT2D eigenvalue weighted by Crippen LogP contribution is 2.30. The Morgan fingerprint density at radius 2 is 1.84 bits per heavy atom. The van der Waals surface area contributed by atoms with Crippen LogP contribution in [0.15, 0.2) is 47.2 Å². The fourth-order valence-electron chi connectivity index (χ4n) is 2.58. The Morgan fingerprint density at radius 3 is 2.37 bits per heavy atom. The summed E-state index contributed by atoms with van der Waals surface area (Å²) in [6.45, 7) is 1.12. The van der Waals surface area contributed by atoms with E-state index in [2.05, 4.69) is 52.5 Å². The maximum absolute atomic E-state index is 3.78. The van der Waals surface area contributed by atoms with Crippen molar-refractivity contribution in [2.24, 2.45) is 5.92 Å². The first-order chi connectivity index (χ1) is 9.43. The minimum absolute atomic E-state index is 0.380. The predicted molar refractivity (Wildman–Crippen MR) is 85.0 cm³/mol. The van der Waals surface area contributed by atoms with Crippen molar-refractivity contribution in [2.75, 3.05) is 6.54 Å². The van der Waals surface area contributed by atoms with Gasteiger partial charge in [-0.25, -0.2) is 0 Å². The van der Waals surface area contributed by atoms with Crippen molar-refractivity contribution in [2.45, 2.75) is 25.3 Å². The molecular formula is C16H19NS2. The van der Waals surface area contributed by atoms with Gasteiger partial charge in [-0.05, 0) is 54.6 Å². The molecule has 1 nitrogen and oxygen atoms in total. The van der Waals surface area contributed by atoms with Gasteiger partial charge in [-0.1, -0.05) is 24.3 Å². The summed E-state index contributed by atoms with van der Waals surface area (Å²) in [6.07, 6.45) is 8.45. The second-order valence-corrected chi connectivity index (χ2v) is 6.98. The van der Waals surface area contributed by atoms with Gasteiger partial charge in [0.1, 0.15) is 0 Å².